The van der Waals surface area contributed by atoms with Crippen LogP contribution in [0.15, 0.2) is 0 Å². The molecule has 1 saturated heterocycles. The molecule has 12 heavy (non-hydrogen) atoms. The van der Waals surface area contributed by atoms with Crippen LogP contribution in [-0.4, -0.2) is 13.1 Å². The van der Waals surface area contributed by atoms with E-state index in [2.05, 4.69) is 26.1 Å². The highest BCUT2D eigenvalue weighted by Gasteiger charge is 2.30. The molecule has 0 aromatic rings. The van der Waals surface area contributed by atoms with E-state index in [4.69, 9.17) is 0 Å². The number of hydrogen-bond donors (Lipinski definition) is 1. The third-order valence-electron chi connectivity index (χ3n) is 3.26. The van der Waals surface area contributed by atoms with Gasteiger partial charge in [0.05, 0.1) is 0 Å². The van der Waals surface area contributed by atoms with Crippen molar-refractivity contribution in [3.05, 3.63) is 0 Å². The van der Waals surface area contributed by atoms with Crippen molar-refractivity contribution in [1.82, 2.24) is 5.32 Å². The second-order valence-corrected chi connectivity index (χ2v) is 4.70. The molecule has 0 bridgehead atoms. The van der Waals surface area contributed by atoms with Crippen LogP contribution in [0, 0.1) is 11.3 Å². The maximum atomic E-state index is 3.45. The molecule has 1 heteroatoms. The van der Waals surface area contributed by atoms with Crippen LogP contribution < -0.4 is 5.32 Å². The molecule has 0 amide bonds. The van der Waals surface area contributed by atoms with E-state index in [0.717, 1.165) is 5.92 Å². The molecule has 0 aliphatic carbocycles. The van der Waals surface area contributed by atoms with Gasteiger partial charge in [-0.2, -0.15) is 0 Å². The van der Waals surface area contributed by atoms with Gasteiger partial charge in [0.2, 0.25) is 0 Å². The molecular weight excluding hydrogens is 146 g/mol. The Hall–Kier alpha value is -0.0400. The summed E-state index contributed by atoms with van der Waals surface area (Å²) in [7, 11) is 0. The lowest BCUT2D eigenvalue weighted by molar-refractivity contribution is 0.154. The van der Waals surface area contributed by atoms with Gasteiger partial charge in [0, 0.05) is 0 Å². The van der Waals surface area contributed by atoms with E-state index >= 15 is 0 Å². The molecular formula is C11H23N. The first-order valence-corrected chi connectivity index (χ1v) is 5.39. The summed E-state index contributed by atoms with van der Waals surface area (Å²) in [6.45, 7) is 9.52. The van der Waals surface area contributed by atoms with E-state index in [1.807, 2.05) is 0 Å². The average molecular weight is 169 g/mol. The summed E-state index contributed by atoms with van der Waals surface area (Å²) >= 11 is 0. The van der Waals surface area contributed by atoms with Crippen LogP contribution in [-0.2, 0) is 0 Å². The second kappa shape index (κ2) is 4.27. The first-order valence-electron chi connectivity index (χ1n) is 5.39. The van der Waals surface area contributed by atoms with Gasteiger partial charge < -0.3 is 5.32 Å². The van der Waals surface area contributed by atoms with Gasteiger partial charge in [-0.15, -0.1) is 0 Å². The van der Waals surface area contributed by atoms with E-state index in [0.29, 0.717) is 5.41 Å². The standard InChI is InChI=1S/C11H23N/c1-4-11(9-10(2)3)5-7-12-8-6-11/h10,12H,4-9H2,1-3H3. The SMILES string of the molecule is CCC1(CC(C)C)CCNCC1. The molecule has 0 unspecified atom stereocenters. The summed E-state index contributed by atoms with van der Waals surface area (Å²) in [6.07, 6.45) is 5.57. The first kappa shape index (κ1) is 10.0. The number of piperidine rings is 1. The third kappa shape index (κ3) is 2.48. The van der Waals surface area contributed by atoms with Crippen LogP contribution in [0.1, 0.15) is 46.5 Å². The number of nitrogens with one attached hydrogen (secondary N) is 1. The van der Waals surface area contributed by atoms with Gasteiger partial charge in [0.1, 0.15) is 0 Å². The Labute approximate surface area is 76.9 Å². The Bertz CT molecular complexity index is 123. The summed E-state index contributed by atoms with van der Waals surface area (Å²) in [5, 5.41) is 3.45. The van der Waals surface area contributed by atoms with E-state index < -0.39 is 0 Å². The molecule has 1 fully saturated rings. The minimum absolute atomic E-state index is 0.680. The fourth-order valence-corrected chi connectivity index (χ4v) is 2.53. The van der Waals surface area contributed by atoms with Crippen LogP contribution in [0.5, 0.6) is 0 Å². The summed E-state index contributed by atoms with van der Waals surface area (Å²) in [4.78, 5) is 0. The van der Waals surface area contributed by atoms with Crippen molar-refractivity contribution in [2.24, 2.45) is 11.3 Å². The molecule has 1 aliphatic heterocycles. The van der Waals surface area contributed by atoms with E-state index in [1.165, 1.54) is 38.8 Å². The van der Waals surface area contributed by atoms with Gasteiger partial charge in [-0.1, -0.05) is 27.2 Å². The predicted molar refractivity (Wildman–Crippen MR) is 54.3 cm³/mol. The van der Waals surface area contributed by atoms with Gasteiger partial charge in [-0.25, -0.2) is 0 Å². The molecule has 0 atom stereocenters. The summed E-state index contributed by atoms with van der Waals surface area (Å²) in [5.74, 6) is 0.864. The Morgan fingerprint density at radius 1 is 1.25 bits per heavy atom. The van der Waals surface area contributed by atoms with Crippen LogP contribution in [0.4, 0.5) is 0 Å². The fraction of sp³-hybridized carbons (Fsp3) is 1.00. The van der Waals surface area contributed by atoms with E-state index in [1.54, 1.807) is 0 Å². The van der Waals surface area contributed by atoms with Crippen LogP contribution in [0.3, 0.4) is 0 Å². The third-order valence-corrected chi connectivity index (χ3v) is 3.26. The average Bonchev–Trinajstić information content (AvgIpc) is 2.05. The smallest absolute Gasteiger partial charge is 0.00436 e. The van der Waals surface area contributed by atoms with Gasteiger partial charge in [-0.3, -0.25) is 0 Å². The summed E-state index contributed by atoms with van der Waals surface area (Å²) in [6, 6.07) is 0. The zero-order valence-corrected chi connectivity index (χ0v) is 8.82. The molecule has 1 N–H and O–H groups in total. The zero-order valence-electron chi connectivity index (χ0n) is 8.82. The first-order chi connectivity index (χ1) is 5.68. The lowest BCUT2D eigenvalue weighted by Crippen LogP contribution is -2.37. The predicted octanol–water partition coefficient (Wildman–Crippen LogP) is 2.81. The van der Waals surface area contributed by atoms with Gasteiger partial charge in [0.15, 0.2) is 0 Å². The molecule has 0 radical (unpaired) electrons. The number of hydrogen-bond acceptors (Lipinski definition) is 1. The maximum Gasteiger partial charge on any atom is -0.00436 e. The monoisotopic (exact) mass is 169 g/mol. The van der Waals surface area contributed by atoms with Crippen molar-refractivity contribution >= 4 is 0 Å². The van der Waals surface area contributed by atoms with Crippen molar-refractivity contribution in [3.63, 3.8) is 0 Å². The van der Waals surface area contributed by atoms with E-state index in [-0.39, 0.29) is 0 Å². The van der Waals surface area contributed by atoms with Crippen LogP contribution in [0.25, 0.3) is 0 Å². The molecule has 0 aromatic heterocycles. The summed E-state index contributed by atoms with van der Waals surface area (Å²) in [5.41, 5.74) is 0.680. The molecule has 0 saturated carbocycles. The molecule has 1 rings (SSSR count). The normalized spacial score (nSPS) is 23.0. The Kier molecular flexibility index (Phi) is 3.57. The van der Waals surface area contributed by atoms with Crippen LogP contribution in [0.2, 0.25) is 0 Å². The number of rotatable bonds is 3. The quantitative estimate of drug-likeness (QED) is 0.685. The Morgan fingerprint density at radius 2 is 1.83 bits per heavy atom. The topological polar surface area (TPSA) is 12.0 Å². The highest BCUT2D eigenvalue weighted by molar-refractivity contribution is 4.84. The van der Waals surface area contributed by atoms with Crippen molar-refractivity contribution < 1.29 is 0 Å². The van der Waals surface area contributed by atoms with Gasteiger partial charge in [-0.05, 0) is 43.7 Å². The largest absolute Gasteiger partial charge is 0.317 e. The lowest BCUT2D eigenvalue weighted by Gasteiger charge is -2.38. The fourth-order valence-electron chi connectivity index (χ4n) is 2.53. The lowest BCUT2D eigenvalue weighted by atomic mass is 9.71. The minimum Gasteiger partial charge on any atom is -0.317 e. The Morgan fingerprint density at radius 3 is 2.25 bits per heavy atom. The van der Waals surface area contributed by atoms with Crippen molar-refractivity contribution in [3.8, 4) is 0 Å². The highest BCUT2D eigenvalue weighted by atomic mass is 14.9. The highest BCUT2D eigenvalue weighted by Crippen LogP contribution is 2.38. The molecule has 1 nitrogen and oxygen atoms in total. The van der Waals surface area contributed by atoms with Crippen molar-refractivity contribution in [2.45, 2.75) is 46.5 Å². The molecule has 72 valence electrons. The minimum atomic E-state index is 0.680. The molecule has 1 heterocycles. The van der Waals surface area contributed by atoms with Gasteiger partial charge in [0.25, 0.3) is 0 Å². The van der Waals surface area contributed by atoms with Crippen molar-refractivity contribution in [1.29, 1.82) is 0 Å². The van der Waals surface area contributed by atoms with Crippen molar-refractivity contribution in [2.75, 3.05) is 13.1 Å². The van der Waals surface area contributed by atoms with E-state index in [9.17, 15) is 0 Å². The second-order valence-electron chi connectivity index (χ2n) is 4.70. The van der Waals surface area contributed by atoms with Gasteiger partial charge >= 0.3 is 0 Å². The van der Waals surface area contributed by atoms with Crippen LogP contribution >= 0.6 is 0 Å². The Balaban J connectivity index is 2.48. The molecule has 0 spiro atoms. The summed E-state index contributed by atoms with van der Waals surface area (Å²) < 4.78 is 0. The molecule has 0 aromatic carbocycles. The zero-order chi connectivity index (χ0) is 9.03. The molecule has 1 aliphatic rings. The maximum absolute atomic E-state index is 3.45.